The van der Waals surface area contributed by atoms with Gasteiger partial charge in [0.15, 0.2) is 0 Å². The van der Waals surface area contributed by atoms with Crippen LogP contribution in [0.25, 0.3) is 0 Å². The molecule has 1 fully saturated rings. The van der Waals surface area contributed by atoms with E-state index in [1.54, 1.807) is 17.0 Å². The fourth-order valence-corrected chi connectivity index (χ4v) is 5.73. The van der Waals surface area contributed by atoms with Gasteiger partial charge in [0.2, 0.25) is 10.0 Å². The molecule has 1 aromatic carbocycles. The lowest BCUT2D eigenvalue weighted by Gasteiger charge is -2.35. The highest BCUT2D eigenvalue weighted by molar-refractivity contribution is 7.89. The molecule has 0 saturated carbocycles. The number of aromatic nitrogens is 1. The zero-order valence-corrected chi connectivity index (χ0v) is 21.3. The zero-order valence-electron chi connectivity index (χ0n) is 19.6. The molecule has 0 unspecified atom stereocenters. The van der Waals surface area contributed by atoms with Gasteiger partial charge in [-0.15, -0.1) is 0 Å². The summed E-state index contributed by atoms with van der Waals surface area (Å²) in [4.78, 5) is 5.37. The summed E-state index contributed by atoms with van der Waals surface area (Å²) in [6, 6.07) is 7.26. The van der Waals surface area contributed by atoms with E-state index in [-0.39, 0.29) is 68.8 Å². The van der Waals surface area contributed by atoms with Gasteiger partial charge in [0.1, 0.15) is 0 Å². The third-order valence-electron chi connectivity index (χ3n) is 5.52. The smallest absolute Gasteiger partial charge is 0.380 e. The van der Waals surface area contributed by atoms with Crippen molar-refractivity contribution in [2.45, 2.75) is 24.4 Å². The summed E-state index contributed by atoms with van der Waals surface area (Å²) in [5.74, 6) is -0.263. The van der Waals surface area contributed by atoms with Gasteiger partial charge in [-0.2, -0.15) is 25.9 Å². The molecule has 2 aromatic rings. The molecule has 1 aromatic heterocycles. The van der Waals surface area contributed by atoms with E-state index in [1.165, 1.54) is 22.6 Å². The molecule has 36 heavy (non-hydrogen) atoms. The molecule has 0 atom stereocenters. The molecular formula is C22H28F3N3O6S2. The number of rotatable bonds is 11. The molecule has 0 aliphatic carbocycles. The Balaban J connectivity index is 1.36. The Morgan fingerprint density at radius 2 is 1.61 bits per heavy atom. The molecular weight excluding hydrogens is 523 g/mol. The Kier molecular flexibility index (Phi) is 9.33. The first-order chi connectivity index (χ1) is 16.9. The Morgan fingerprint density at radius 1 is 0.944 bits per heavy atom. The summed E-state index contributed by atoms with van der Waals surface area (Å²) in [5, 5.41) is 0. The van der Waals surface area contributed by atoms with Gasteiger partial charge in [-0.25, -0.2) is 8.42 Å². The van der Waals surface area contributed by atoms with Crippen LogP contribution >= 0.6 is 0 Å². The standard InChI is InChI=1S/C22H28F3N3O6S2/c1-18-3-5-21(6-4-18)36(31,32)34-12-2-11-33-13-14-35(29,30)28-9-7-27(8-10-28)20-15-19(16-26-17-20)22(23,24)25/h3-6,15-17H,2,7-14H2,1H3. The third-order valence-corrected chi connectivity index (χ3v) is 8.68. The first kappa shape index (κ1) is 28.3. The SMILES string of the molecule is Cc1ccc(S(=O)(=O)OCCCOCCS(=O)(=O)N2CCN(c3cncc(C(F)(F)F)c3)CC2)cc1. The normalized spacial score (nSPS) is 15.8. The Bertz CT molecular complexity index is 1210. The molecule has 1 aliphatic heterocycles. The number of alkyl halides is 3. The average Bonchev–Trinajstić information content (AvgIpc) is 2.83. The second-order valence-electron chi connectivity index (χ2n) is 8.19. The van der Waals surface area contributed by atoms with Crippen molar-refractivity contribution in [3.63, 3.8) is 0 Å². The number of pyridine rings is 1. The molecule has 9 nitrogen and oxygen atoms in total. The maximum Gasteiger partial charge on any atom is 0.417 e. The number of halogens is 3. The van der Waals surface area contributed by atoms with E-state index < -0.39 is 31.9 Å². The van der Waals surface area contributed by atoms with E-state index in [0.29, 0.717) is 0 Å². The van der Waals surface area contributed by atoms with E-state index in [0.717, 1.165) is 17.8 Å². The van der Waals surface area contributed by atoms with Crippen LogP contribution in [0.2, 0.25) is 0 Å². The minimum atomic E-state index is -4.50. The van der Waals surface area contributed by atoms with Gasteiger partial charge in [-0.05, 0) is 31.5 Å². The van der Waals surface area contributed by atoms with Crippen LogP contribution in [-0.2, 0) is 35.2 Å². The highest BCUT2D eigenvalue weighted by Crippen LogP contribution is 2.31. The number of hydrogen-bond donors (Lipinski definition) is 0. The van der Waals surface area contributed by atoms with Crippen molar-refractivity contribution in [3.05, 3.63) is 53.9 Å². The fourth-order valence-electron chi connectivity index (χ4n) is 3.48. The number of nitrogens with zero attached hydrogens (tertiary/aromatic N) is 3. The minimum absolute atomic E-state index is 0.0597. The summed E-state index contributed by atoms with van der Waals surface area (Å²) in [5.41, 5.74) is 0.356. The maximum absolute atomic E-state index is 12.9. The van der Waals surface area contributed by atoms with Gasteiger partial charge in [-0.1, -0.05) is 17.7 Å². The number of sulfonamides is 1. The summed E-state index contributed by atoms with van der Waals surface area (Å²) in [6.45, 7) is 2.50. The second-order valence-corrected chi connectivity index (χ2v) is 11.9. The van der Waals surface area contributed by atoms with E-state index in [4.69, 9.17) is 8.92 Å². The Hall–Kier alpha value is -2.26. The first-order valence-electron chi connectivity index (χ1n) is 11.2. The van der Waals surface area contributed by atoms with E-state index in [2.05, 4.69) is 4.98 Å². The molecule has 14 heteroatoms. The number of benzene rings is 1. The van der Waals surface area contributed by atoms with Gasteiger partial charge >= 0.3 is 6.18 Å². The van der Waals surface area contributed by atoms with E-state index in [1.807, 2.05) is 6.92 Å². The summed E-state index contributed by atoms with van der Waals surface area (Å²) in [6.07, 6.45) is -2.17. The lowest BCUT2D eigenvalue weighted by Crippen LogP contribution is -2.49. The highest BCUT2D eigenvalue weighted by atomic mass is 32.2. The molecule has 200 valence electrons. The lowest BCUT2D eigenvalue weighted by atomic mass is 10.2. The average molecular weight is 552 g/mol. The Labute approximate surface area is 209 Å². The van der Waals surface area contributed by atoms with Crippen LogP contribution in [0.4, 0.5) is 18.9 Å². The van der Waals surface area contributed by atoms with Crippen molar-refractivity contribution in [3.8, 4) is 0 Å². The second kappa shape index (κ2) is 11.9. The zero-order chi connectivity index (χ0) is 26.4. The topological polar surface area (TPSA) is 106 Å². The quantitative estimate of drug-likeness (QED) is 0.310. The molecule has 0 N–H and O–H groups in total. The van der Waals surface area contributed by atoms with Crippen molar-refractivity contribution in [2.24, 2.45) is 0 Å². The molecule has 1 aliphatic rings. The lowest BCUT2D eigenvalue weighted by molar-refractivity contribution is -0.137. The van der Waals surface area contributed by atoms with Gasteiger partial charge in [0, 0.05) is 39.0 Å². The van der Waals surface area contributed by atoms with E-state index >= 15 is 0 Å². The number of ether oxygens (including phenoxy) is 1. The number of aryl methyl sites for hydroxylation is 1. The predicted molar refractivity (Wildman–Crippen MR) is 127 cm³/mol. The number of hydrogen-bond acceptors (Lipinski definition) is 8. The van der Waals surface area contributed by atoms with Gasteiger partial charge in [0.05, 0.1) is 41.3 Å². The largest absolute Gasteiger partial charge is 0.417 e. The van der Waals surface area contributed by atoms with Crippen LogP contribution in [0.1, 0.15) is 17.5 Å². The van der Waals surface area contributed by atoms with Crippen molar-refractivity contribution >= 4 is 25.8 Å². The number of anilines is 1. The molecule has 0 spiro atoms. The van der Waals surface area contributed by atoms with Gasteiger partial charge in [-0.3, -0.25) is 9.17 Å². The molecule has 1 saturated heterocycles. The monoisotopic (exact) mass is 551 g/mol. The molecule has 0 radical (unpaired) electrons. The van der Waals surface area contributed by atoms with Gasteiger partial charge < -0.3 is 9.64 Å². The van der Waals surface area contributed by atoms with Crippen molar-refractivity contribution < 1.29 is 38.9 Å². The predicted octanol–water partition coefficient (Wildman–Crippen LogP) is 2.67. The first-order valence-corrected chi connectivity index (χ1v) is 14.2. The van der Waals surface area contributed by atoms with Crippen LogP contribution in [-0.4, -0.2) is 77.9 Å². The van der Waals surface area contributed by atoms with E-state index in [9.17, 15) is 30.0 Å². The minimum Gasteiger partial charge on any atom is -0.380 e. The van der Waals surface area contributed by atoms with Gasteiger partial charge in [0.25, 0.3) is 10.1 Å². The summed E-state index contributed by atoms with van der Waals surface area (Å²) >= 11 is 0. The number of piperazine rings is 1. The molecule has 0 bridgehead atoms. The summed E-state index contributed by atoms with van der Waals surface area (Å²) in [7, 11) is -7.48. The van der Waals surface area contributed by atoms with Crippen LogP contribution in [0, 0.1) is 6.92 Å². The van der Waals surface area contributed by atoms with Crippen LogP contribution in [0.3, 0.4) is 0 Å². The highest BCUT2D eigenvalue weighted by Gasteiger charge is 2.32. The molecule has 2 heterocycles. The fraction of sp³-hybridized carbons (Fsp3) is 0.500. The Morgan fingerprint density at radius 3 is 2.25 bits per heavy atom. The molecule has 0 amide bonds. The van der Waals surface area contributed by atoms with Crippen LogP contribution in [0.15, 0.2) is 47.6 Å². The van der Waals surface area contributed by atoms with Crippen LogP contribution < -0.4 is 4.90 Å². The van der Waals surface area contributed by atoms with Crippen LogP contribution in [0.5, 0.6) is 0 Å². The van der Waals surface area contributed by atoms with Crippen molar-refractivity contribution in [2.75, 3.05) is 56.7 Å². The maximum atomic E-state index is 12.9. The van der Waals surface area contributed by atoms with Crippen molar-refractivity contribution in [1.29, 1.82) is 0 Å². The van der Waals surface area contributed by atoms with Crippen molar-refractivity contribution in [1.82, 2.24) is 9.29 Å². The summed E-state index contributed by atoms with van der Waals surface area (Å²) < 4.78 is 99.7. The third kappa shape index (κ3) is 7.87. The molecule has 3 rings (SSSR count).